The zero-order valence-electron chi connectivity index (χ0n) is 10.5. The van der Waals surface area contributed by atoms with Gasteiger partial charge in [-0.1, -0.05) is 30.4 Å². The van der Waals surface area contributed by atoms with Crippen LogP contribution in [-0.4, -0.2) is 19.8 Å². The van der Waals surface area contributed by atoms with E-state index >= 15 is 0 Å². The van der Waals surface area contributed by atoms with E-state index in [0.29, 0.717) is 6.04 Å². The molecule has 2 rings (SSSR count). The van der Waals surface area contributed by atoms with Crippen molar-refractivity contribution in [2.24, 2.45) is 0 Å². The summed E-state index contributed by atoms with van der Waals surface area (Å²) in [7, 11) is 1.75. The van der Waals surface area contributed by atoms with Gasteiger partial charge in [0.25, 0.3) is 0 Å². The van der Waals surface area contributed by atoms with Gasteiger partial charge in [-0.05, 0) is 37.3 Å². The minimum atomic E-state index is 0.493. The molecular formula is C15H21NO. The molecule has 0 radical (unpaired) electrons. The summed E-state index contributed by atoms with van der Waals surface area (Å²) in [6, 6.07) is 9.01. The van der Waals surface area contributed by atoms with Crippen LogP contribution in [0, 0.1) is 0 Å². The van der Waals surface area contributed by atoms with Crippen LogP contribution in [0.15, 0.2) is 36.4 Å². The number of nitrogens with one attached hydrogen (secondary N) is 1. The Balaban J connectivity index is 2.03. The Bertz CT molecular complexity index is 373. The lowest BCUT2D eigenvalue weighted by Crippen LogP contribution is -2.19. The number of para-hydroxylation sites is 1. The number of rotatable bonds is 5. The van der Waals surface area contributed by atoms with Gasteiger partial charge in [0.2, 0.25) is 0 Å². The summed E-state index contributed by atoms with van der Waals surface area (Å²) in [5.41, 5.74) is 2.59. The minimum Gasteiger partial charge on any atom is -0.384 e. The molecule has 1 aromatic carbocycles. The van der Waals surface area contributed by atoms with Crippen molar-refractivity contribution in [3.8, 4) is 0 Å². The van der Waals surface area contributed by atoms with Crippen LogP contribution in [0.3, 0.4) is 0 Å². The van der Waals surface area contributed by atoms with Gasteiger partial charge < -0.3 is 10.1 Å². The lowest BCUT2D eigenvalue weighted by Gasteiger charge is -2.21. The smallest absolute Gasteiger partial charge is 0.0503 e. The molecule has 2 nitrogen and oxygen atoms in total. The van der Waals surface area contributed by atoms with Gasteiger partial charge in [0, 0.05) is 18.8 Å². The molecule has 1 aromatic rings. The summed E-state index contributed by atoms with van der Waals surface area (Å²) in [6.07, 6.45) is 9.28. The van der Waals surface area contributed by atoms with Gasteiger partial charge in [-0.2, -0.15) is 0 Å². The molecular weight excluding hydrogens is 210 g/mol. The first-order valence-electron chi connectivity index (χ1n) is 6.40. The molecule has 0 saturated carbocycles. The second kappa shape index (κ2) is 6.45. The first-order chi connectivity index (χ1) is 8.40. The summed E-state index contributed by atoms with van der Waals surface area (Å²) in [5, 5.41) is 3.62. The lowest BCUT2D eigenvalue weighted by atomic mass is 10.0. The van der Waals surface area contributed by atoms with E-state index < -0.39 is 0 Å². The largest absolute Gasteiger partial charge is 0.384 e. The standard InChI is InChI=1S/C15H21NO/c1-17-12-11-13-7-5-6-10-15(13)16-14-8-3-2-4-9-14/h3,5-8,10,14,16H,2,4,9,11-12H2,1H3. The highest BCUT2D eigenvalue weighted by Crippen LogP contribution is 2.20. The van der Waals surface area contributed by atoms with Crippen LogP contribution >= 0.6 is 0 Å². The Hall–Kier alpha value is -1.28. The summed E-state index contributed by atoms with van der Waals surface area (Å²) in [5.74, 6) is 0. The Morgan fingerprint density at radius 2 is 2.24 bits per heavy atom. The third kappa shape index (κ3) is 3.60. The molecule has 0 aliphatic heterocycles. The predicted octanol–water partition coefficient (Wildman–Crippen LogP) is 3.40. The van der Waals surface area contributed by atoms with Crippen LogP contribution in [0.5, 0.6) is 0 Å². The van der Waals surface area contributed by atoms with E-state index in [1.54, 1.807) is 7.11 Å². The van der Waals surface area contributed by atoms with Crippen molar-refractivity contribution >= 4 is 5.69 Å². The average molecular weight is 231 g/mol. The van der Waals surface area contributed by atoms with E-state index in [9.17, 15) is 0 Å². The van der Waals surface area contributed by atoms with Crippen molar-refractivity contribution in [1.29, 1.82) is 0 Å². The Kier molecular flexibility index (Phi) is 4.63. The average Bonchev–Trinajstić information content (AvgIpc) is 2.39. The molecule has 0 amide bonds. The maximum Gasteiger partial charge on any atom is 0.0503 e. The Morgan fingerprint density at radius 1 is 1.35 bits per heavy atom. The van der Waals surface area contributed by atoms with Gasteiger partial charge in [0.15, 0.2) is 0 Å². The zero-order chi connectivity index (χ0) is 11.9. The number of methoxy groups -OCH3 is 1. The van der Waals surface area contributed by atoms with Gasteiger partial charge in [-0.3, -0.25) is 0 Å². The van der Waals surface area contributed by atoms with Gasteiger partial charge in [0.05, 0.1) is 6.61 Å². The number of benzene rings is 1. The van der Waals surface area contributed by atoms with Crippen molar-refractivity contribution in [3.05, 3.63) is 42.0 Å². The predicted molar refractivity (Wildman–Crippen MR) is 72.4 cm³/mol. The third-order valence-corrected chi connectivity index (χ3v) is 3.19. The number of hydrogen-bond donors (Lipinski definition) is 1. The molecule has 1 aliphatic rings. The van der Waals surface area contributed by atoms with Gasteiger partial charge >= 0.3 is 0 Å². The summed E-state index contributed by atoms with van der Waals surface area (Å²) in [4.78, 5) is 0. The van der Waals surface area contributed by atoms with Gasteiger partial charge in [-0.25, -0.2) is 0 Å². The number of ether oxygens (including phenoxy) is 1. The molecule has 2 heteroatoms. The van der Waals surface area contributed by atoms with Crippen molar-refractivity contribution in [2.45, 2.75) is 31.7 Å². The molecule has 17 heavy (non-hydrogen) atoms. The van der Waals surface area contributed by atoms with Crippen molar-refractivity contribution in [3.63, 3.8) is 0 Å². The summed E-state index contributed by atoms with van der Waals surface area (Å²) < 4.78 is 5.15. The fourth-order valence-electron chi connectivity index (χ4n) is 2.22. The molecule has 0 bridgehead atoms. The summed E-state index contributed by atoms with van der Waals surface area (Å²) in [6.45, 7) is 0.777. The number of anilines is 1. The van der Waals surface area contributed by atoms with Crippen LogP contribution in [0.1, 0.15) is 24.8 Å². The van der Waals surface area contributed by atoms with E-state index in [0.717, 1.165) is 13.0 Å². The quantitative estimate of drug-likeness (QED) is 0.784. The second-order valence-electron chi connectivity index (χ2n) is 4.51. The van der Waals surface area contributed by atoms with Crippen LogP contribution in [-0.2, 0) is 11.2 Å². The highest BCUT2D eigenvalue weighted by molar-refractivity contribution is 5.52. The fraction of sp³-hybridized carbons (Fsp3) is 0.467. The van der Waals surface area contributed by atoms with E-state index in [-0.39, 0.29) is 0 Å². The minimum absolute atomic E-state index is 0.493. The van der Waals surface area contributed by atoms with Crippen molar-refractivity contribution in [1.82, 2.24) is 0 Å². The molecule has 1 aliphatic carbocycles. The van der Waals surface area contributed by atoms with Crippen LogP contribution in [0.2, 0.25) is 0 Å². The SMILES string of the molecule is COCCc1ccccc1NC1C=CCCC1. The lowest BCUT2D eigenvalue weighted by molar-refractivity contribution is 0.202. The second-order valence-corrected chi connectivity index (χ2v) is 4.51. The normalized spacial score (nSPS) is 19.2. The van der Waals surface area contributed by atoms with Crippen LogP contribution < -0.4 is 5.32 Å². The highest BCUT2D eigenvalue weighted by atomic mass is 16.5. The molecule has 0 saturated heterocycles. The van der Waals surface area contributed by atoms with E-state index in [4.69, 9.17) is 4.74 Å². The maximum absolute atomic E-state index is 5.15. The first-order valence-corrected chi connectivity index (χ1v) is 6.40. The van der Waals surface area contributed by atoms with E-state index in [1.807, 2.05) is 0 Å². The number of hydrogen-bond acceptors (Lipinski definition) is 2. The third-order valence-electron chi connectivity index (χ3n) is 3.19. The van der Waals surface area contributed by atoms with Crippen molar-refractivity contribution < 1.29 is 4.74 Å². The maximum atomic E-state index is 5.15. The Labute approximate surface area is 104 Å². The first kappa shape index (κ1) is 12.2. The zero-order valence-corrected chi connectivity index (χ0v) is 10.5. The molecule has 0 aromatic heterocycles. The van der Waals surface area contributed by atoms with E-state index in [1.165, 1.54) is 30.5 Å². The molecule has 1 atom stereocenters. The van der Waals surface area contributed by atoms with E-state index in [2.05, 4.69) is 41.7 Å². The van der Waals surface area contributed by atoms with Gasteiger partial charge in [0.1, 0.15) is 0 Å². The van der Waals surface area contributed by atoms with Crippen LogP contribution in [0.4, 0.5) is 5.69 Å². The molecule has 1 unspecified atom stereocenters. The molecule has 92 valence electrons. The van der Waals surface area contributed by atoms with Crippen molar-refractivity contribution in [2.75, 3.05) is 19.0 Å². The fourth-order valence-corrected chi connectivity index (χ4v) is 2.22. The Morgan fingerprint density at radius 3 is 3.00 bits per heavy atom. The highest BCUT2D eigenvalue weighted by Gasteiger charge is 2.09. The topological polar surface area (TPSA) is 21.3 Å². The molecule has 0 heterocycles. The molecule has 0 fully saturated rings. The molecule has 0 spiro atoms. The van der Waals surface area contributed by atoms with Gasteiger partial charge in [-0.15, -0.1) is 0 Å². The molecule has 1 N–H and O–H groups in total. The number of allylic oxidation sites excluding steroid dienone is 1. The monoisotopic (exact) mass is 231 g/mol. The van der Waals surface area contributed by atoms with Crippen LogP contribution in [0.25, 0.3) is 0 Å². The summed E-state index contributed by atoms with van der Waals surface area (Å²) >= 11 is 0.